The van der Waals surface area contributed by atoms with Crippen molar-refractivity contribution in [2.45, 2.75) is 36.9 Å². The summed E-state index contributed by atoms with van der Waals surface area (Å²) in [7, 11) is 3.95. The van der Waals surface area contributed by atoms with Crippen molar-refractivity contribution >= 4 is 0 Å². The van der Waals surface area contributed by atoms with E-state index in [4.69, 9.17) is 14.0 Å². The van der Waals surface area contributed by atoms with Crippen LogP contribution in [0.15, 0.2) is 46.5 Å². The highest BCUT2D eigenvalue weighted by molar-refractivity contribution is 5.47. The molecular formula is C21H24N2O5. The van der Waals surface area contributed by atoms with E-state index in [-0.39, 0.29) is 30.6 Å². The van der Waals surface area contributed by atoms with E-state index >= 15 is 0 Å². The van der Waals surface area contributed by atoms with Crippen molar-refractivity contribution in [2.24, 2.45) is 5.92 Å². The van der Waals surface area contributed by atoms with E-state index < -0.39 is 11.7 Å². The zero-order valence-corrected chi connectivity index (χ0v) is 15.9. The van der Waals surface area contributed by atoms with Crippen LogP contribution < -0.4 is 4.74 Å². The molecule has 1 aromatic carbocycles. The number of aromatic nitrogens is 1. The molecule has 2 aliphatic heterocycles. The topological polar surface area (TPSA) is 88.2 Å². The van der Waals surface area contributed by atoms with Gasteiger partial charge >= 0.3 is 0 Å². The van der Waals surface area contributed by atoms with E-state index in [0.29, 0.717) is 17.9 Å². The number of nitrogens with zero attached hydrogens (tertiary/aromatic N) is 2. The van der Waals surface area contributed by atoms with E-state index in [1.165, 1.54) is 0 Å². The lowest BCUT2D eigenvalue weighted by Gasteiger charge is -2.46. The predicted octanol–water partition coefficient (Wildman–Crippen LogP) is 1.98. The maximum Gasteiger partial charge on any atom is 0.260 e. The largest absolute Gasteiger partial charge is 0.470 e. The Hall–Kier alpha value is -2.19. The van der Waals surface area contributed by atoms with Crippen molar-refractivity contribution in [1.82, 2.24) is 10.1 Å². The molecule has 1 aliphatic carbocycles. The molecule has 0 radical (unpaired) electrons. The average molecular weight is 384 g/mol. The third kappa shape index (κ3) is 2.34. The lowest BCUT2D eigenvalue weighted by atomic mass is 9.64. The van der Waals surface area contributed by atoms with Gasteiger partial charge in [-0.15, -0.1) is 0 Å². The Labute approximate surface area is 163 Å². The summed E-state index contributed by atoms with van der Waals surface area (Å²) >= 11 is 0. The molecule has 1 spiro atoms. The van der Waals surface area contributed by atoms with Gasteiger partial charge in [0.05, 0.1) is 24.3 Å². The summed E-state index contributed by atoms with van der Waals surface area (Å²) in [6.07, 6.45) is 1.60. The van der Waals surface area contributed by atoms with Crippen LogP contribution >= 0.6 is 0 Å². The summed E-state index contributed by atoms with van der Waals surface area (Å²) in [5.74, 6) is 0.865. The van der Waals surface area contributed by atoms with Crippen molar-refractivity contribution in [1.29, 1.82) is 0 Å². The molecule has 1 fully saturated rings. The van der Waals surface area contributed by atoms with Gasteiger partial charge < -0.3 is 24.2 Å². The first-order chi connectivity index (χ1) is 13.6. The lowest BCUT2D eigenvalue weighted by Crippen LogP contribution is -2.52. The van der Waals surface area contributed by atoms with Gasteiger partial charge in [0.1, 0.15) is 18.3 Å². The van der Waals surface area contributed by atoms with Crippen LogP contribution in [0.4, 0.5) is 0 Å². The Morgan fingerprint density at radius 3 is 2.79 bits per heavy atom. The van der Waals surface area contributed by atoms with Gasteiger partial charge in [0, 0.05) is 5.92 Å². The second-order valence-electron chi connectivity index (χ2n) is 7.99. The average Bonchev–Trinajstić information content (AvgIpc) is 3.38. The van der Waals surface area contributed by atoms with Crippen molar-refractivity contribution in [3.63, 3.8) is 0 Å². The summed E-state index contributed by atoms with van der Waals surface area (Å²) in [5.41, 5.74) is 1.29. The maximum absolute atomic E-state index is 11.4. The molecule has 2 N–H and O–H groups in total. The second kappa shape index (κ2) is 6.42. The maximum atomic E-state index is 11.4. The van der Waals surface area contributed by atoms with Crippen LogP contribution in [0.3, 0.4) is 0 Å². The number of aliphatic hydroxyl groups excluding tert-OH is 2. The standard InChI is InChI=1S/C21H24N2O5/c1-23(2)17-15-9-14-8-13(10-24)21(15,27-14)19(25)16-18(17)28-22-20(16)26-11-12-6-4-3-5-7-12/h3-8,14-15,17,19,24-25H,9-11H2,1-2H3/t14-,15-,17-,19-,21-/m0/s1. The summed E-state index contributed by atoms with van der Waals surface area (Å²) in [6, 6.07) is 9.65. The van der Waals surface area contributed by atoms with Crippen molar-refractivity contribution in [3.05, 3.63) is 58.9 Å². The Morgan fingerprint density at radius 1 is 1.29 bits per heavy atom. The molecule has 3 heterocycles. The molecular weight excluding hydrogens is 360 g/mol. The molecule has 1 saturated heterocycles. The second-order valence-corrected chi connectivity index (χ2v) is 7.99. The Morgan fingerprint density at radius 2 is 2.07 bits per heavy atom. The Balaban J connectivity index is 1.56. The van der Waals surface area contributed by atoms with Gasteiger partial charge in [0.25, 0.3) is 5.88 Å². The Kier molecular flexibility index (Phi) is 4.10. The van der Waals surface area contributed by atoms with Crippen molar-refractivity contribution in [2.75, 3.05) is 20.7 Å². The van der Waals surface area contributed by atoms with Crippen LogP contribution in [0.5, 0.6) is 5.88 Å². The monoisotopic (exact) mass is 384 g/mol. The number of benzene rings is 1. The first-order valence-electron chi connectivity index (χ1n) is 9.56. The van der Waals surface area contributed by atoms with E-state index in [9.17, 15) is 10.2 Å². The molecule has 148 valence electrons. The molecule has 7 heteroatoms. The number of ether oxygens (including phenoxy) is 2. The van der Waals surface area contributed by atoms with E-state index in [1.54, 1.807) is 0 Å². The molecule has 0 unspecified atom stereocenters. The molecule has 1 aromatic heterocycles. The van der Waals surface area contributed by atoms with Gasteiger partial charge in [0.2, 0.25) is 0 Å². The molecule has 7 nitrogen and oxygen atoms in total. The zero-order chi connectivity index (χ0) is 19.5. The number of rotatable bonds is 5. The SMILES string of the molecule is CN(C)[C@@H]1c2onc(OCc3ccccc3)c2[C@H](O)[C@]23O[C@@H](C=C2CO)C[C@@H]13. The van der Waals surface area contributed by atoms with Gasteiger partial charge in [0.15, 0.2) is 5.76 Å². The number of aliphatic hydroxyl groups is 2. The number of hydrogen-bond acceptors (Lipinski definition) is 7. The summed E-state index contributed by atoms with van der Waals surface area (Å²) in [6.45, 7) is 0.173. The molecule has 0 amide bonds. The molecule has 2 bridgehead atoms. The highest BCUT2D eigenvalue weighted by Crippen LogP contribution is 2.63. The lowest BCUT2D eigenvalue weighted by molar-refractivity contribution is -0.116. The van der Waals surface area contributed by atoms with E-state index in [1.807, 2.05) is 50.5 Å². The smallest absolute Gasteiger partial charge is 0.260 e. The molecule has 5 rings (SSSR count). The normalized spacial score (nSPS) is 33.0. The molecule has 2 aromatic rings. The van der Waals surface area contributed by atoms with Crippen LogP contribution in [0.1, 0.15) is 35.5 Å². The van der Waals surface area contributed by atoms with Crippen LogP contribution in [0.2, 0.25) is 0 Å². The fourth-order valence-electron chi connectivity index (χ4n) is 5.15. The predicted molar refractivity (Wildman–Crippen MR) is 99.5 cm³/mol. The third-order valence-corrected chi connectivity index (χ3v) is 6.27. The fourth-order valence-corrected chi connectivity index (χ4v) is 5.15. The minimum Gasteiger partial charge on any atom is -0.470 e. The van der Waals surface area contributed by atoms with E-state index in [2.05, 4.69) is 10.1 Å². The quantitative estimate of drug-likeness (QED) is 0.762. The van der Waals surface area contributed by atoms with Crippen molar-refractivity contribution in [3.8, 4) is 5.88 Å². The fraction of sp³-hybridized carbons (Fsp3) is 0.476. The third-order valence-electron chi connectivity index (χ3n) is 6.27. The van der Waals surface area contributed by atoms with Gasteiger partial charge in [-0.25, -0.2) is 0 Å². The van der Waals surface area contributed by atoms with Crippen molar-refractivity contribution < 1.29 is 24.2 Å². The highest BCUT2D eigenvalue weighted by Gasteiger charge is 2.66. The molecule has 0 saturated carbocycles. The minimum atomic E-state index is -1.01. The first kappa shape index (κ1) is 17.9. The summed E-state index contributed by atoms with van der Waals surface area (Å²) < 4.78 is 17.9. The number of hydrogen-bond donors (Lipinski definition) is 2. The van der Waals surface area contributed by atoms with Crippen LogP contribution in [0.25, 0.3) is 0 Å². The summed E-state index contributed by atoms with van der Waals surface area (Å²) in [4.78, 5) is 2.06. The van der Waals surface area contributed by atoms with Gasteiger partial charge in [-0.1, -0.05) is 36.4 Å². The van der Waals surface area contributed by atoms with Gasteiger partial charge in [-0.3, -0.25) is 4.90 Å². The minimum absolute atomic E-state index is 0.0305. The van der Waals surface area contributed by atoms with E-state index in [0.717, 1.165) is 17.6 Å². The molecule has 28 heavy (non-hydrogen) atoms. The molecule has 5 atom stereocenters. The van der Waals surface area contributed by atoms with Gasteiger partial charge in [-0.05, 0) is 36.8 Å². The highest BCUT2D eigenvalue weighted by atomic mass is 16.6. The van der Waals surface area contributed by atoms with Crippen LogP contribution in [-0.4, -0.2) is 52.7 Å². The zero-order valence-electron chi connectivity index (χ0n) is 15.9. The van der Waals surface area contributed by atoms with Gasteiger partial charge in [-0.2, -0.15) is 0 Å². The summed E-state index contributed by atoms with van der Waals surface area (Å²) in [5, 5.41) is 25.5. The first-order valence-corrected chi connectivity index (χ1v) is 9.56. The number of fused-ring (bicyclic) bond motifs is 2. The molecule has 3 aliphatic rings. The Bertz CT molecular complexity index is 909. The van der Waals surface area contributed by atoms with Crippen LogP contribution in [-0.2, 0) is 11.3 Å². The van der Waals surface area contributed by atoms with Crippen LogP contribution in [0, 0.1) is 5.92 Å².